The van der Waals surface area contributed by atoms with Gasteiger partial charge < -0.3 is 9.30 Å². The zero-order valence-corrected chi connectivity index (χ0v) is 26.2. The molecule has 0 N–H and O–H groups in total. The van der Waals surface area contributed by atoms with Crippen LogP contribution < -0.4 is 4.74 Å². The monoisotopic (exact) mass is 571 g/mol. The van der Waals surface area contributed by atoms with Crippen molar-refractivity contribution in [1.29, 1.82) is 0 Å². The number of ketones is 1. The van der Waals surface area contributed by atoms with Crippen LogP contribution in [0.2, 0.25) is 0 Å². The molecule has 41 heavy (non-hydrogen) atoms. The van der Waals surface area contributed by atoms with E-state index in [4.69, 9.17) is 4.74 Å². The fourth-order valence-electron chi connectivity index (χ4n) is 4.88. The number of fused-ring (bicyclic) bond motifs is 1. The van der Waals surface area contributed by atoms with Gasteiger partial charge in [0.25, 0.3) is 0 Å². The highest BCUT2D eigenvalue weighted by atomic mass is 32.1. The number of pyridine rings is 1. The van der Waals surface area contributed by atoms with Crippen LogP contribution in [-0.2, 0) is 13.0 Å². The molecular formula is C35H45N3O2S. The molecule has 2 heterocycles. The van der Waals surface area contributed by atoms with Crippen LogP contribution in [0.15, 0.2) is 66.9 Å². The maximum atomic E-state index is 13.3. The third-order valence-electron chi connectivity index (χ3n) is 6.90. The first-order valence-corrected chi connectivity index (χ1v) is 15.4. The molecule has 4 aromatic rings. The standard InChI is InChI=1S/C30H35N3O2.C5H10S/c1-5-17-30(3,4)35-25-15-9-13-23(21-25)12-6-7-19-33-28-26(16-10-18-31-28)32-29(33)27(34)24-14-8-11-22(2)20-24;1-2-3-4-5-6/h8-11,13-16,18,20-21H,5-7,12,17,19H2,1-4H3;5H,2-4H2,1H3. The van der Waals surface area contributed by atoms with Crippen molar-refractivity contribution in [2.45, 2.75) is 98.1 Å². The number of thiocarbonyl (C=S) groups is 1. The Morgan fingerprint density at radius 2 is 1.80 bits per heavy atom. The number of unbranched alkanes of at least 4 members (excludes halogenated alkanes) is 3. The lowest BCUT2D eigenvalue weighted by molar-refractivity contribution is 0.0984. The van der Waals surface area contributed by atoms with Gasteiger partial charge >= 0.3 is 0 Å². The van der Waals surface area contributed by atoms with E-state index in [0.717, 1.165) is 61.0 Å². The van der Waals surface area contributed by atoms with E-state index in [1.165, 1.54) is 18.4 Å². The second kappa shape index (κ2) is 16.2. The van der Waals surface area contributed by atoms with E-state index in [2.05, 4.69) is 68.1 Å². The zero-order chi connectivity index (χ0) is 29.7. The van der Waals surface area contributed by atoms with Gasteiger partial charge in [-0.05, 0) is 101 Å². The van der Waals surface area contributed by atoms with Crippen LogP contribution in [0.4, 0.5) is 0 Å². The Morgan fingerprint density at radius 1 is 1.00 bits per heavy atom. The van der Waals surface area contributed by atoms with Crippen LogP contribution in [0.1, 0.15) is 99.9 Å². The molecule has 0 unspecified atom stereocenters. The molecule has 4 rings (SSSR count). The van der Waals surface area contributed by atoms with Crippen molar-refractivity contribution in [1.82, 2.24) is 14.5 Å². The van der Waals surface area contributed by atoms with Crippen LogP contribution in [0.5, 0.6) is 5.75 Å². The fourth-order valence-corrected chi connectivity index (χ4v) is 5.05. The molecule has 0 saturated carbocycles. The Morgan fingerprint density at radius 3 is 2.51 bits per heavy atom. The molecule has 0 atom stereocenters. The van der Waals surface area contributed by atoms with Gasteiger partial charge in [-0.3, -0.25) is 4.79 Å². The minimum absolute atomic E-state index is 0.0637. The molecule has 0 fully saturated rings. The first-order valence-electron chi connectivity index (χ1n) is 14.9. The first kappa shape index (κ1) is 32.1. The Kier molecular flexibility index (Phi) is 12.7. The summed E-state index contributed by atoms with van der Waals surface area (Å²) in [5, 5.41) is 1.80. The quantitative estimate of drug-likeness (QED) is 0.0858. The SMILES string of the molecule is CCCC(C)(C)Oc1cccc(CCCCn2c(C(=O)c3cccc(C)c3)nc3cccnc32)c1.CCCCC=S. The average molecular weight is 572 g/mol. The van der Waals surface area contributed by atoms with E-state index in [0.29, 0.717) is 17.9 Å². The average Bonchev–Trinajstić information content (AvgIpc) is 3.32. The second-order valence-corrected chi connectivity index (χ2v) is 11.5. The molecular weight excluding hydrogens is 526 g/mol. The van der Waals surface area contributed by atoms with Crippen molar-refractivity contribution < 1.29 is 9.53 Å². The summed E-state index contributed by atoms with van der Waals surface area (Å²) in [7, 11) is 0. The van der Waals surface area contributed by atoms with Crippen molar-refractivity contribution in [2.75, 3.05) is 0 Å². The van der Waals surface area contributed by atoms with E-state index >= 15 is 0 Å². The number of carbonyl (C=O) groups is 1. The lowest BCUT2D eigenvalue weighted by Crippen LogP contribution is -2.27. The minimum Gasteiger partial charge on any atom is -0.488 e. The fraction of sp³-hybridized carbons (Fsp3) is 0.429. The Hall–Kier alpha value is -3.38. The summed E-state index contributed by atoms with van der Waals surface area (Å²) in [5.74, 6) is 1.32. The normalized spacial score (nSPS) is 11.1. The molecule has 0 aliphatic rings. The molecule has 218 valence electrons. The van der Waals surface area contributed by atoms with Crippen molar-refractivity contribution in [3.05, 3.63) is 89.4 Å². The molecule has 0 aliphatic heterocycles. The Balaban J connectivity index is 0.000000696. The third kappa shape index (κ3) is 9.89. The number of rotatable bonds is 14. The summed E-state index contributed by atoms with van der Waals surface area (Å²) >= 11 is 4.59. The molecule has 0 bridgehead atoms. The maximum absolute atomic E-state index is 13.3. The van der Waals surface area contributed by atoms with Crippen molar-refractivity contribution in [3.8, 4) is 5.75 Å². The van der Waals surface area contributed by atoms with Gasteiger partial charge in [0.15, 0.2) is 11.5 Å². The lowest BCUT2D eigenvalue weighted by Gasteiger charge is -2.26. The Labute approximate surface area is 251 Å². The molecule has 2 aromatic carbocycles. The van der Waals surface area contributed by atoms with Crippen molar-refractivity contribution in [2.24, 2.45) is 0 Å². The number of aryl methyl sites for hydroxylation is 3. The molecule has 0 radical (unpaired) electrons. The summed E-state index contributed by atoms with van der Waals surface area (Å²) in [6, 6.07) is 19.8. The molecule has 0 saturated heterocycles. The number of hydrogen-bond donors (Lipinski definition) is 0. The number of benzene rings is 2. The maximum Gasteiger partial charge on any atom is 0.228 e. The highest BCUT2D eigenvalue weighted by Gasteiger charge is 2.20. The number of hydrogen-bond acceptors (Lipinski definition) is 5. The van der Waals surface area contributed by atoms with E-state index in [-0.39, 0.29) is 11.4 Å². The molecule has 5 nitrogen and oxygen atoms in total. The van der Waals surface area contributed by atoms with Crippen LogP contribution in [0.3, 0.4) is 0 Å². The van der Waals surface area contributed by atoms with E-state index < -0.39 is 0 Å². The predicted molar refractivity (Wildman–Crippen MR) is 174 cm³/mol. The molecule has 0 spiro atoms. The minimum atomic E-state index is -0.164. The van der Waals surface area contributed by atoms with Gasteiger partial charge in [-0.15, -0.1) is 0 Å². The van der Waals surface area contributed by atoms with E-state index in [1.807, 2.05) is 54.0 Å². The molecule has 2 aromatic heterocycles. The lowest BCUT2D eigenvalue weighted by atomic mass is 10.0. The molecule has 0 amide bonds. The van der Waals surface area contributed by atoms with Gasteiger partial charge in [-0.25, -0.2) is 9.97 Å². The third-order valence-corrected chi connectivity index (χ3v) is 7.14. The van der Waals surface area contributed by atoms with Gasteiger partial charge in [0.2, 0.25) is 5.78 Å². The van der Waals surface area contributed by atoms with Crippen LogP contribution in [-0.4, -0.2) is 31.3 Å². The number of carbonyl (C=O) groups excluding carboxylic acids is 1. The summed E-state index contributed by atoms with van der Waals surface area (Å²) in [6.07, 6.45) is 10.4. The summed E-state index contributed by atoms with van der Waals surface area (Å²) < 4.78 is 8.21. The second-order valence-electron chi connectivity index (χ2n) is 11.2. The number of aromatic nitrogens is 3. The van der Waals surface area contributed by atoms with Gasteiger partial charge in [-0.2, -0.15) is 0 Å². The van der Waals surface area contributed by atoms with Crippen molar-refractivity contribution in [3.63, 3.8) is 0 Å². The Bertz CT molecular complexity index is 1410. The van der Waals surface area contributed by atoms with Crippen molar-refractivity contribution >= 4 is 34.5 Å². The topological polar surface area (TPSA) is 57.0 Å². The number of nitrogens with zero attached hydrogens (tertiary/aromatic N) is 3. The van der Waals surface area contributed by atoms with Gasteiger partial charge in [0.05, 0.1) is 0 Å². The van der Waals surface area contributed by atoms with E-state index in [1.54, 1.807) is 11.6 Å². The van der Waals surface area contributed by atoms with Crippen LogP contribution in [0, 0.1) is 6.92 Å². The van der Waals surface area contributed by atoms with Crippen LogP contribution in [0.25, 0.3) is 11.2 Å². The predicted octanol–water partition coefficient (Wildman–Crippen LogP) is 9.13. The van der Waals surface area contributed by atoms with Gasteiger partial charge in [0, 0.05) is 18.3 Å². The van der Waals surface area contributed by atoms with Crippen LogP contribution >= 0.6 is 12.2 Å². The summed E-state index contributed by atoms with van der Waals surface area (Å²) in [4.78, 5) is 22.5. The highest BCUT2D eigenvalue weighted by molar-refractivity contribution is 7.78. The van der Waals surface area contributed by atoms with E-state index in [9.17, 15) is 4.79 Å². The number of imidazole rings is 1. The number of ether oxygens (including phenoxy) is 1. The molecule has 6 heteroatoms. The van der Waals surface area contributed by atoms with Gasteiger partial charge in [0.1, 0.15) is 16.9 Å². The highest BCUT2D eigenvalue weighted by Crippen LogP contribution is 2.24. The van der Waals surface area contributed by atoms with Gasteiger partial charge in [-0.1, -0.05) is 74.8 Å². The first-order chi connectivity index (χ1) is 19.8. The smallest absolute Gasteiger partial charge is 0.228 e. The summed E-state index contributed by atoms with van der Waals surface area (Å²) in [6.45, 7) is 11.3. The molecule has 0 aliphatic carbocycles. The largest absolute Gasteiger partial charge is 0.488 e. The zero-order valence-electron chi connectivity index (χ0n) is 25.4. The summed E-state index contributed by atoms with van der Waals surface area (Å²) in [5.41, 5.74) is 4.33.